The number of hydrogen-bond donors (Lipinski definition) is 1. The highest BCUT2D eigenvalue weighted by Gasteiger charge is 2.20. The molecule has 0 saturated heterocycles. The molecule has 0 saturated carbocycles. The van der Waals surface area contributed by atoms with Crippen LogP contribution in [0, 0.1) is 0 Å². The fraction of sp³-hybridized carbons (Fsp3) is 0.545. The first-order valence-corrected chi connectivity index (χ1v) is 5.25. The third-order valence-electron chi connectivity index (χ3n) is 1.89. The number of alkyl carbamates (subject to hydrolysis) is 1. The van der Waals surface area contributed by atoms with Crippen molar-refractivity contribution in [1.29, 1.82) is 0 Å². The maximum atomic E-state index is 11.5. The van der Waals surface area contributed by atoms with Gasteiger partial charge in [0.2, 0.25) is 0 Å². The molecule has 1 N–H and O–H groups in total. The molecule has 1 unspecified atom stereocenters. The second-order valence-electron chi connectivity index (χ2n) is 4.71. The predicted octanol–water partition coefficient (Wildman–Crippen LogP) is 1.18. The lowest BCUT2D eigenvalue weighted by molar-refractivity contribution is -0.109. The molecule has 1 rings (SSSR count). The Kier molecular flexibility index (Phi) is 3.88. The van der Waals surface area contributed by atoms with Crippen LogP contribution in [0.3, 0.4) is 0 Å². The number of rotatable bonds is 3. The molecule has 0 aliphatic heterocycles. The van der Waals surface area contributed by atoms with Gasteiger partial charge in [-0.25, -0.2) is 4.79 Å². The standard InChI is InChI=1S/C11H17N3O3/c1-11(2,3)17-10(16)13-9(7-15)8-5-12-14(4)6-8/h5-7,9H,1-4H3,(H,13,16). The molecule has 1 heterocycles. The van der Waals surface area contributed by atoms with Crippen LogP contribution in [0.2, 0.25) is 0 Å². The number of aryl methyl sites for hydroxylation is 1. The van der Waals surface area contributed by atoms with Crippen molar-refractivity contribution >= 4 is 12.4 Å². The summed E-state index contributed by atoms with van der Waals surface area (Å²) in [7, 11) is 1.73. The number of nitrogens with one attached hydrogen (secondary N) is 1. The lowest BCUT2D eigenvalue weighted by atomic mass is 10.2. The van der Waals surface area contributed by atoms with Crippen LogP contribution < -0.4 is 5.32 Å². The molecule has 17 heavy (non-hydrogen) atoms. The number of carbonyl (C=O) groups excluding carboxylic acids is 2. The van der Waals surface area contributed by atoms with E-state index in [1.165, 1.54) is 6.20 Å². The molecule has 1 atom stereocenters. The Bertz CT molecular complexity index is 406. The number of ether oxygens (including phenoxy) is 1. The van der Waals surface area contributed by atoms with E-state index in [0.29, 0.717) is 11.8 Å². The summed E-state index contributed by atoms with van der Waals surface area (Å²) >= 11 is 0. The third-order valence-corrected chi connectivity index (χ3v) is 1.89. The van der Waals surface area contributed by atoms with Crippen LogP contribution in [0.1, 0.15) is 32.4 Å². The Morgan fingerprint density at radius 1 is 1.59 bits per heavy atom. The van der Waals surface area contributed by atoms with Crippen molar-refractivity contribution in [2.75, 3.05) is 0 Å². The first-order chi connectivity index (χ1) is 7.81. The molecule has 1 aromatic heterocycles. The Morgan fingerprint density at radius 2 is 2.24 bits per heavy atom. The van der Waals surface area contributed by atoms with E-state index in [4.69, 9.17) is 4.74 Å². The van der Waals surface area contributed by atoms with Gasteiger partial charge in [0.1, 0.15) is 17.9 Å². The van der Waals surface area contributed by atoms with Gasteiger partial charge in [-0.05, 0) is 20.8 Å². The highest BCUT2D eigenvalue weighted by Crippen LogP contribution is 2.11. The minimum atomic E-state index is -0.737. The topological polar surface area (TPSA) is 73.2 Å². The van der Waals surface area contributed by atoms with Crippen LogP contribution in [0.25, 0.3) is 0 Å². The molecule has 6 heteroatoms. The van der Waals surface area contributed by atoms with Crippen LogP contribution in [-0.4, -0.2) is 27.8 Å². The van der Waals surface area contributed by atoms with Crippen molar-refractivity contribution in [1.82, 2.24) is 15.1 Å². The van der Waals surface area contributed by atoms with E-state index >= 15 is 0 Å². The van der Waals surface area contributed by atoms with Crippen molar-refractivity contribution in [2.45, 2.75) is 32.4 Å². The molecule has 0 aliphatic carbocycles. The largest absolute Gasteiger partial charge is 0.444 e. The van der Waals surface area contributed by atoms with Crippen LogP contribution in [0.5, 0.6) is 0 Å². The van der Waals surface area contributed by atoms with Crippen molar-refractivity contribution < 1.29 is 14.3 Å². The maximum Gasteiger partial charge on any atom is 0.408 e. The van der Waals surface area contributed by atoms with E-state index < -0.39 is 17.7 Å². The number of nitrogens with zero attached hydrogens (tertiary/aromatic N) is 2. The lowest BCUT2D eigenvalue weighted by Gasteiger charge is -2.21. The fourth-order valence-electron chi connectivity index (χ4n) is 1.23. The number of amides is 1. The zero-order valence-corrected chi connectivity index (χ0v) is 10.4. The van der Waals surface area contributed by atoms with Gasteiger partial charge in [-0.15, -0.1) is 0 Å². The van der Waals surface area contributed by atoms with Gasteiger partial charge < -0.3 is 14.8 Å². The van der Waals surface area contributed by atoms with Crippen molar-refractivity contribution in [3.8, 4) is 0 Å². The quantitative estimate of drug-likeness (QED) is 0.804. The highest BCUT2D eigenvalue weighted by atomic mass is 16.6. The third kappa shape index (κ3) is 4.26. The minimum absolute atomic E-state index is 0.591. The molecule has 0 spiro atoms. The summed E-state index contributed by atoms with van der Waals surface area (Å²) < 4.78 is 6.62. The van der Waals surface area contributed by atoms with Gasteiger partial charge >= 0.3 is 6.09 Å². The first kappa shape index (κ1) is 13.2. The van der Waals surface area contributed by atoms with Crippen LogP contribution >= 0.6 is 0 Å². The Hall–Kier alpha value is -1.85. The summed E-state index contributed by atoms with van der Waals surface area (Å²) in [6.07, 6.45) is 3.20. The van der Waals surface area contributed by atoms with Gasteiger partial charge in [-0.1, -0.05) is 0 Å². The lowest BCUT2D eigenvalue weighted by Crippen LogP contribution is -2.35. The highest BCUT2D eigenvalue weighted by molar-refractivity contribution is 5.74. The first-order valence-electron chi connectivity index (χ1n) is 5.25. The Labute approximate surface area is 99.9 Å². The normalized spacial score (nSPS) is 12.9. The zero-order valence-electron chi connectivity index (χ0n) is 10.4. The van der Waals surface area contributed by atoms with Gasteiger partial charge in [-0.3, -0.25) is 4.68 Å². The molecule has 0 aliphatic rings. The maximum absolute atomic E-state index is 11.5. The number of hydrogen-bond acceptors (Lipinski definition) is 4. The van der Waals surface area contributed by atoms with Crippen molar-refractivity contribution in [2.24, 2.45) is 7.05 Å². The summed E-state index contributed by atoms with van der Waals surface area (Å²) in [5.74, 6) is 0. The van der Waals surface area contributed by atoms with E-state index in [-0.39, 0.29) is 0 Å². The average Bonchev–Trinajstić information content (AvgIpc) is 2.58. The summed E-state index contributed by atoms with van der Waals surface area (Å²) in [6, 6.07) is -0.737. The molecular formula is C11H17N3O3. The van der Waals surface area contributed by atoms with E-state index in [1.54, 1.807) is 38.7 Å². The van der Waals surface area contributed by atoms with E-state index in [0.717, 1.165) is 0 Å². The Balaban J connectivity index is 2.65. The number of carbonyl (C=O) groups is 2. The zero-order chi connectivity index (χ0) is 13.1. The van der Waals surface area contributed by atoms with Gasteiger partial charge in [0, 0.05) is 18.8 Å². The SMILES string of the molecule is Cn1cc(C(C=O)NC(=O)OC(C)(C)C)cn1. The molecule has 0 radical (unpaired) electrons. The van der Waals surface area contributed by atoms with Gasteiger partial charge in [0.05, 0.1) is 6.20 Å². The molecule has 0 bridgehead atoms. The Morgan fingerprint density at radius 3 is 2.65 bits per heavy atom. The van der Waals surface area contributed by atoms with Gasteiger partial charge in [0.25, 0.3) is 0 Å². The van der Waals surface area contributed by atoms with Crippen LogP contribution in [0.4, 0.5) is 4.79 Å². The molecule has 0 fully saturated rings. The molecule has 6 nitrogen and oxygen atoms in total. The summed E-state index contributed by atoms with van der Waals surface area (Å²) in [6.45, 7) is 5.27. The van der Waals surface area contributed by atoms with Crippen molar-refractivity contribution in [3.63, 3.8) is 0 Å². The smallest absolute Gasteiger partial charge is 0.408 e. The monoisotopic (exact) mass is 239 g/mol. The van der Waals surface area contributed by atoms with Gasteiger partial charge in [-0.2, -0.15) is 5.10 Å². The van der Waals surface area contributed by atoms with E-state index in [1.807, 2.05) is 0 Å². The van der Waals surface area contributed by atoms with Gasteiger partial charge in [0.15, 0.2) is 0 Å². The minimum Gasteiger partial charge on any atom is -0.444 e. The molecule has 0 aromatic carbocycles. The molecular weight excluding hydrogens is 222 g/mol. The molecule has 94 valence electrons. The average molecular weight is 239 g/mol. The summed E-state index contributed by atoms with van der Waals surface area (Å²) in [5.41, 5.74) is 0.0280. The summed E-state index contributed by atoms with van der Waals surface area (Å²) in [4.78, 5) is 22.4. The van der Waals surface area contributed by atoms with Crippen LogP contribution in [-0.2, 0) is 16.6 Å². The predicted molar refractivity (Wildman–Crippen MR) is 61.4 cm³/mol. The second kappa shape index (κ2) is 4.99. The van der Waals surface area contributed by atoms with E-state index in [9.17, 15) is 9.59 Å². The number of aldehydes is 1. The van der Waals surface area contributed by atoms with E-state index in [2.05, 4.69) is 10.4 Å². The van der Waals surface area contributed by atoms with Crippen molar-refractivity contribution in [3.05, 3.63) is 18.0 Å². The van der Waals surface area contributed by atoms with Crippen LogP contribution in [0.15, 0.2) is 12.4 Å². The molecule has 1 amide bonds. The second-order valence-corrected chi connectivity index (χ2v) is 4.71. The molecule has 1 aromatic rings. The fourth-order valence-corrected chi connectivity index (χ4v) is 1.23. The number of aromatic nitrogens is 2. The summed E-state index contributed by atoms with van der Waals surface area (Å²) in [5, 5.41) is 6.40.